The standard InChI is InChI=1S/C21H29N7O5S/c1-4-28-19-15(12-25-28)18(26-13-5-7-34(31,32)8-6-13)14(11-24-19)16-9-21(33-27-16,20(30)23-3)10-17(29)22-2/h9,11-13,27H,4-8,10H2,1-3H3,(H,22,29)(H,23,30)(H,24,26). The molecule has 2 aromatic rings. The van der Waals surface area contributed by atoms with Crippen LogP contribution in [0.25, 0.3) is 16.7 Å². The van der Waals surface area contributed by atoms with Crippen LogP contribution in [0.2, 0.25) is 0 Å². The fourth-order valence-corrected chi connectivity index (χ4v) is 5.74. The van der Waals surface area contributed by atoms with Crippen LogP contribution in [0.3, 0.4) is 0 Å². The summed E-state index contributed by atoms with van der Waals surface area (Å²) in [5.74, 6) is -0.586. The van der Waals surface area contributed by atoms with Gasteiger partial charge in [-0.1, -0.05) is 0 Å². The van der Waals surface area contributed by atoms with Crippen molar-refractivity contribution in [2.75, 3.05) is 30.9 Å². The number of rotatable bonds is 7. The third-order valence-electron chi connectivity index (χ3n) is 6.19. The Kier molecular flexibility index (Phi) is 6.49. The first kappa shape index (κ1) is 24.0. The smallest absolute Gasteiger partial charge is 0.259 e. The van der Waals surface area contributed by atoms with Gasteiger partial charge in [0.25, 0.3) is 5.91 Å². The largest absolute Gasteiger partial charge is 0.381 e. The number of hydrogen-bond acceptors (Lipinski definition) is 9. The summed E-state index contributed by atoms with van der Waals surface area (Å²) in [6, 6.07) is -0.0599. The van der Waals surface area contributed by atoms with Crippen LogP contribution in [0.1, 0.15) is 31.7 Å². The maximum absolute atomic E-state index is 12.7. The highest BCUT2D eigenvalue weighted by Gasteiger charge is 2.45. The lowest BCUT2D eigenvalue weighted by Crippen LogP contribution is -2.48. The summed E-state index contributed by atoms with van der Waals surface area (Å²) in [6.45, 7) is 2.60. The second-order valence-corrected chi connectivity index (χ2v) is 10.7. The van der Waals surface area contributed by atoms with Gasteiger partial charge in [-0.3, -0.25) is 19.9 Å². The molecule has 2 amide bonds. The van der Waals surface area contributed by atoms with Crippen molar-refractivity contribution in [3.8, 4) is 0 Å². The number of nitrogens with zero attached hydrogens (tertiary/aromatic N) is 3. The van der Waals surface area contributed by atoms with Crippen LogP contribution in [0, 0.1) is 0 Å². The minimum atomic E-state index is -3.01. The quantitative estimate of drug-likeness (QED) is 0.416. The van der Waals surface area contributed by atoms with Gasteiger partial charge in [-0.15, -0.1) is 0 Å². The van der Waals surface area contributed by atoms with E-state index in [1.54, 1.807) is 23.2 Å². The molecule has 1 atom stereocenters. The number of aromatic nitrogens is 3. The number of carbonyl (C=O) groups is 2. The molecule has 4 heterocycles. The molecule has 0 spiro atoms. The fraction of sp³-hybridized carbons (Fsp3) is 0.524. The number of anilines is 1. The third-order valence-corrected chi connectivity index (χ3v) is 7.91. The highest BCUT2D eigenvalue weighted by molar-refractivity contribution is 7.91. The molecule has 2 aliphatic rings. The molecular weight excluding hydrogens is 462 g/mol. The molecule has 4 rings (SSSR count). The number of pyridine rings is 1. The van der Waals surface area contributed by atoms with E-state index < -0.39 is 21.3 Å². The van der Waals surface area contributed by atoms with Gasteiger partial charge in [0.2, 0.25) is 11.5 Å². The molecular formula is C21H29N7O5S. The predicted octanol–water partition coefficient (Wildman–Crippen LogP) is -0.0631. The van der Waals surface area contributed by atoms with E-state index >= 15 is 0 Å². The van der Waals surface area contributed by atoms with Crippen LogP contribution < -0.4 is 21.4 Å². The first-order valence-electron chi connectivity index (χ1n) is 11.1. The van der Waals surface area contributed by atoms with Gasteiger partial charge in [0, 0.05) is 38.4 Å². The second-order valence-electron chi connectivity index (χ2n) is 8.40. The van der Waals surface area contributed by atoms with Crippen LogP contribution in [0.15, 0.2) is 18.5 Å². The molecule has 2 aliphatic heterocycles. The zero-order valence-electron chi connectivity index (χ0n) is 19.3. The Bertz CT molecular complexity index is 1240. The number of nitrogens with one attached hydrogen (secondary N) is 4. The monoisotopic (exact) mass is 491 g/mol. The van der Waals surface area contributed by atoms with Gasteiger partial charge < -0.3 is 16.0 Å². The van der Waals surface area contributed by atoms with Gasteiger partial charge in [-0.25, -0.2) is 18.1 Å². The Hall–Kier alpha value is -3.19. The second kappa shape index (κ2) is 9.22. The van der Waals surface area contributed by atoms with Crippen LogP contribution in [-0.2, 0) is 30.8 Å². The van der Waals surface area contributed by atoms with Crippen LogP contribution in [-0.4, -0.2) is 72.2 Å². The lowest BCUT2D eigenvalue weighted by atomic mass is 9.95. The van der Waals surface area contributed by atoms with Gasteiger partial charge in [0.05, 0.1) is 40.9 Å². The van der Waals surface area contributed by atoms with Crippen molar-refractivity contribution < 1.29 is 22.8 Å². The van der Waals surface area contributed by atoms with E-state index in [-0.39, 0.29) is 29.9 Å². The fourth-order valence-electron chi connectivity index (χ4n) is 4.25. The maximum Gasteiger partial charge on any atom is 0.259 e. The molecule has 1 unspecified atom stereocenters. The zero-order valence-corrected chi connectivity index (χ0v) is 20.2. The summed E-state index contributed by atoms with van der Waals surface area (Å²) in [5.41, 5.74) is 3.75. The average molecular weight is 492 g/mol. The van der Waals surface area contributed by atoms with E-state index in [9.17, 15) is 18.0 Å². The van der Waals surface area contributed by atoms with Crippen LogP contribution >= 0.6 is 0 Å². The van der Waals surface area contributed by atoms with E-state index in [4.69, 9.17) is 4.84 Å². The van der Waals surface area contributed by atoms with E-state index in [2.05, 4.69) is 31.5 Å². The van der Waals surface area contributed by atoms with E-state index in [1.807, 2.05) is 6.92 Å². The van der Waals surface area contributed by atoms with Crippen molar-refractivity contribution >= 4 is 44.1 Å². The molecule has 1 fully saturated rings. The molecule has 4 N–H and O–H groups in total. The van der Waals surface area contributed by atoms with E-state index in [1.165, 1.54) is 14.1 Å². The summed E-state index contributed by atoms with van der Waals surface area (Å²) < 4.78 is 25.6. The number of hydrogen-bond donors (Lipinski definition) is 4. The topological polar surface area (TPSA) is 156 Å². The molecule has 0 saturated carbocycles. The molecule has 34 heavy (non-hydrogen) atoms. The maximum atomic E-state index is 12.7. The Morgan fingerprint density at radius 1 is 1.24 bits per heavy atom. The SMILES string of the molecule is CCn1ncc2c(NC3CCS(=O)(=O)CC3)c(C3=CC(CC(=O)NC)(C(=O)NC)ON3)cnc21. The van der Waals surface area contributed by atoms with E-state index in [0.717, 1.165) is 5.39 Å². The molecule has 184 valence electrons. The first-order valence-corrected chi connectivity index (χ1v) is 13.0. The minimum absolute atomic E-state index is 0.0599. The van der Waals surface area contributed by atoms with Crippen molar-refractivity contribution in [3.05, 3.63) is 24.0 Å². The van der Waals surface area contributed by atoms with Crippen LogP contribution in [0.4, 0.5) is 5.69 Å². The normalized spacial score (nSPS) is 22.1. The number of amides is 2. The zero-order chi connectivity index (χ0) is 24.5. The van der Waals surface area contributed by atoms with Crippen molar-refractivity contribution in [2.24, 2.45) is 0 Å². The van der Waals surface area contributed by atoms with Crippen molar-refractivity contribution in [1.29, 1.82) is 0 Å². The highest BCUT2D eigenvalue weighted by Crippen LogP contribution is 2.36. The number of fused-ring (bicyclic) bond motifs is 1. The molecule has 2 aromatic heterocycles. The summed E-state index contributed by atoms with van der Waals surface area (Å²) in [5, 5.41) is 13.7. The minimum Gasteiger partial charge on any atom is -0.381 e. The molecule has 13 heteroatoms. The number of carbonyl (C=O) groups excluding carboxylic acids is 2. The first-order chi connectivity index (χ1) is 16.2. The Labute approximate surface area is 197 Å². The summed E-state index contributed by atoms with van der Waals surface area (Å²) in [6.07, 6.45) is 5.69. The lowest BCUT2D eigenvalue weighted by molar-refractivity contribution is -0.148. The molecule has 0 aromatic carbocycles. The molecule has 0 radical (unpaired) electrons. The summed E-state index contributed by atoms with van der Waals surface area (Å²) >= 11 is 0. The molecule has 0 bridgehead atoms. The highest BCUT2D eigenvalue weighted by atomic mass is 32.2. The number of sulfone groups is 1. The van der Waals surface area contributed by atoms with Gasteiger partial charge in [0.1, 0.15) is 9.84 Å². The van der Waals surface area contributed by atoms with Gasteiger partial charge in [0.15, 0.2) is 5.65 Å². The van der Waals surface area contributed by atoms with Gasteiger partial charge >= 0.3 is 0 Å². The Morgan fingerprint density at radius 3 is 2.62 bits per heavy atom. The number of hydroxylamine groups is 1. The molecule has 12 nitrogen and oxygen atoms in total. The molecule has 1 saturated heterocycles. The van der Waals surface area contributed by atoms with Gasteiger partial charge in [-0.05, 0) is 25.8 Å². The van der Waals surface area contributed by atoms with Crippen LogP contribution in [0.5, 0.6) is 0 Å². The van der Waals surface area contributed by atoms with Crippen molar-refractivity contribution in [3.63, 3.8) is 0 Å². The summed E-state index contributed by atoms with van der Waals surface area (Å²) in [7, 11) is -0.0520. The molecule has 0 aliphatic carbocycles. The lowest BCUT2D eigenvalue weighted by Gasteiger charge is -2.25. The predicted molar refractivity (Wildman–Crippen MR) is 126 cm³/mol. The van der Waals surface area contributed by atoms with Crippen molar-refractivity contribution in [2.45, 2.75) is 44.4 Å². The number of aryl methyl sites for hydroxylation is 1. The summed E-state index contributed by atoms with van der Waals surface area (Å²) in [4.78, 5) is 35.0. The Balaban J connectivity index is 1.77. The van der Waals surface area contributed by atoms with Gasteiger partial charge in [-0.2, -0.15) is 5.10 Å². The van der Waals surface area contributed by atoms with Crippen molar-refractivity contribution in [1.82, 2.24) is 30.9 Å². The number of likely N-dealkylation sites (N-methyl/N-ethyl adjacent to an activating group) is 1. The average Bonchev–Trinajstić information content (AvgIpc) is 3.45. The third kappa shape index (κ3) is 4.44. The van der Waals surface area contributed by atoms with E-state index in [0.29, 0.717) is 42.0 Å². The Morgan fingerprint density at radius 2 is 1.97 bits per heavy atom.